The Morgan fingerprint density at radius 1 is 1.25 bits per heavy atom. The van der Waals surface area contributed by atoms with Gasteiger partial charge >= 0.3 is 6.01 Å². The lowest BCUT2D eigenvalue weighted by Crippen LogP contribution is -2.21. The van der Waals surface area contributed by atoms with E-state index in [4.69, 9.17) is 4.42 Å². The second-order valence-electron chi connectivity index (χ2n) is 5.10. The van der Waals surface area contributed by atoms with Gasteiger partial charge in [-0.1, -0.05) is 25.0 Å². The third-order valence-electron chi connectivity index (χ3n) is 2.79. The summed E-state index contributed by atoms with van der Waals surface area (Å²) in [5, 5.41) is 14.4. The Balaban J connectivity index is 2.11. The van der Waals surface area contributed by atoms with Gasteiger partial charge in [0.2, 0.25) is 5.89 Å². The molecule has 0 atom stereocenters. The fraction of sp³-hybridized carbons (Fsp3) is 0.429. The molecule has 2 aromatic rings. The zero-order chi connectivity index (χ0) is 14.7. The minimum atomic E-state index is 0.381. The third kappa shape index (κ3) is 3.80. The van der Waals surface area contributed by atoms with Gasteiger partial charge in [0.05, 0.1) is 12.2 Å². The van der Waals surface area contributed by atoms with Crippen LogP contribution < -0.4 is 10.6 Å². The second-order valence-corrected chi connectivity index (χ2v) is 5.95. The van der Waals surface area contributed by atoms with Crippen LogP contribution in [-0.4, -0.2) is 16.2 Å². The summed E-state index contributed by atoms with van der Waals surface area (Å²) in [7, 11) is 0. The van der Waals surface area contributed by atoms with Gasteiger partial charge in [-0.15, -0.1) is 5.10 Å². The molecular weight excluding hydrogens is 320 g/mol. The Kier molecular flexibility index (Phi) is 4.77. The van der Waals surface area contributed by atoms with Crippen LogP contribution in [0, 0.1) is 13.8 Å². The summed E-state index contributed by atoms with van der Waals surface area (Å²) in [6.07, 6.45) is 0. The van der Waals surface area contributed by atoms with E-state index < -0.39 is 0 Å². The smallest absolute Gasteiger partial charge is 0.320 e. The van der Waals surface area contributed by atoms with Crippen LogP contribution in [0.2, 0.25) is 0 Å². The minimum absolute atomic E-state index is 0.381. The van der Waals surface area contributed by atoms with Crippen LogP contribution in [-0.2, 0) is 6.54 Å². The molecule has 0 radical (unpaired) electrons. The molecule has 0 amide bonds. The highest BCUT2D eigenvalue weighted by Crippen LogP contribution is 2.30. The molecule has 108 valence electrons. The third-order valence-corrected chi connectivity index (χ3v) is 3.42. The van der Waals surface area contributed by atoms with Gasteiger partial charge in [-0.2, -0.15) is 0 Å². The molecule has 0 spiro atoms. The van der Waals surface area contributed by atoms with E-state index in [-0.39, 0.29) is 0 Å². The fourth-order valence-corrected chi connectivity index (χ4v) is 2.62. The molecule has 5 nitrogen and oxygen atoms in total. The first-order valence-corrected chi connectivity index (χ1v) is 7.34. The highest BCUT2D eigenvalue weighted by molar-refractivity contribution is 9.10. The number of benzene rings is 1. The Hall–Kier alpha value is -1.40. The van der Waals surface area contributed by atoms with Crippen LogP contribution in [0.25, 0.3) is 0 Å². The van der Waals surface area contributed by atoms with Gasteiger partial charge in [-0.05, 0) is 47.0 Å². The largest absolute Gasteiger partial charge is 0.406 e. The van der Waals surface area contributed by atoms with E-state index >= 15 is 0 Å². The van der Waals surface area contributed by atoms with E-state index in [9.17, 15) is 0 Å². The highest BCUT2D eigenvalue weighted by Gasteiger charge is 2.10. The molecule has 2 N–H and O–H groups in total. The van der Waals surface area contributed by atoms with E-state index in [1.807, 2.05) is 13.0 Å². The molecule has 20 heavy (non-hydrogen) atoms. The van der Waals surface area contributed by atoms with Crippen LogP contribution in [0.15, 0.2) is 21.0 Å². The van der Waals surface area contributed by atoms with Crippen molar-refractivity contribution in [2.45, 2.75) is 40.3 Å². The van der Waals surface area contributed by atoms with Gasteiger partial charge < -0.3 is 15.1 Å². The molecule has 0 fully saturated rings. The number of hydrogen-bond acceptors (Lipinski definition) is 5. The first-order chi connectivity index (χ1) is 9.45. The number of aromatic nitrogens is 2. The van der Waals surface area contributed by atoms with Crippen molar-refractivity contribution in [2.24, 2.45) is 0 Å². The maximum atomic E-state index is 5.56. The zero-order valence-electron chi connectivity index (χ0n) is 12.1. The lowest BCUT2D eigenvalue weighted by Gasteiger charge is -2.09. The lowest BCUT2D eigenvalue weighted by atomic mass is 10.1. The summed E-state index contributed by atoms with van der Waals surface area (Å²) < 4.78 is 6.54. The van der Waals surface area contributed by atoms with Gasteiger partial charge in [-0.25, -0.2) is 0 Å². The minimum Gasteiger partial charge on any atom is -0.406 e. The second kappa shape index (κ2) is 6.37. The molecule has 6 heteroatoms. The van der Waals surface area contributed by atoms with Crippen molar-refractivity contribution in [3.63, 3.8) is 0 Å². The van der Waals surface area contributed by atoms with Gasteiger partial charge in [0.1, 0.15) is 0 Å². The molecule has 0 aliphatic carbocycles. The predicted octanol–water partition coefficient (Wildman–Crippen LogP) is 3.69. The van der Waals surface area contributed by atoms with Crippen LogP contribution >= 0.6 is 15.9 Å². The number of nitrogens with one attached hydrogen (secondary N) is 2. The Morgan fingerprint density at radius 2 is 2.00 bits per heavy atom. The van der Waals surface area contributed by atoms with E-state index in [1.165, 1.54) is 5.56 Å². The quantitative estimate of drug-likeness (QED) is 0.870. The van der Waals surface area contributed by atoms with Crippen molar-refractivity contribution in [1.29, 1.82) is 0 Å². The van der Waals surface area contributed by atoms with Crippen molar-refractivity contribution in [3.05, 3.63) is 33.6 Å². The molecule has 1 aromatic heterocycles. The average Bonchev–Trinajstić information content (AvgIpc) is 2.79. The molecule has 0 aliphatic heterocycles. The highest BCUT2D eigenvalue weighted by atomic mass is 79.9. The Labute approximate surface area is 127 Å². The van der Waals surface area contributed by atoms with Crippen molar-refractivity contribution in [3.8, 4) is 0 Å². The summed E-state index contributed by atoms with van der Waals surface area (Å²) in [4.78, 5) is 0. The van der Waals surface area contributed by atoms with Crippen LogP contribution in [0.1, 0.15) is 30.9 Å². The van der Waals surface area contributed by atoms with E-state index in [1.54, 1.807) is 0 Å². The van der Waals surface area contributed by atoms with Gasteiger partial charge in [0.15, 0.2) is 0 Å². The first kappa shape index (κ1) is 15.0. The number of halogens is 1. The number of hydrogen-bond donors (Lipinski definition) is 2. The first-order valence-electron chi connectivity index (χ1n) is 6.55. The van der Waals surface area contributed by atoms with E-state index in [0.29, 0.717) is 24.5 Å². The predicted molar refractivity (Wildman–Crippen MR) is 83.2 cm³/mol. The van der Waals surface area contributed by atoms with Crippen molar-refractivity contribution >= 4 is 27.6 Å². The monoisotopic (exact) mass is 338 g/mol. The molecule has 0 saturated heterocycles. The van der Waals surface area contributed by atoms with Crippen LogP contribution in [0.3, 0.4) is 0 Å². The van der Waals surface area contributed by atoms with Crippen LogP contribution in [0.4, 0.5) is 11.7 Å². The SMILES string of the molecule is Cc1cc(C)c(Nc2nnc(CNC(C)C)o2)c(Br)c1. The fourth-order valence-electron chi connectivity index (χ4n) is 1.85. The van der Waals surface area contributed by atoms with Gasteiger partial charge in [-0.3, -0.25) is 0 Å². The standard InChI is InChI=1S/C14H19BrN4O/c1-8(2)16-7-12-18-19-14(20-12)17-13-10(4)5-9(3)6-11(13)15/h5-6,8,16H,7H2,1-4H3,(H,17,19). The molecule has 0 bridgehead atoms. The van der Waals surface area contributed by atoms with Crippen molar-refractivity contribution in [1.82, 2.24) is 15.5 Å². The Bertz CT molecular complexity index is 572. The molecule has 1 heterocycles. The topological polar surface area (TPSA) is 63.0 Å². The zero-order valence-corrected chi connectivity index (χ0v) is 13.7. The molecule has 0 aliphatic rings. The molecule has 2 rings (SSSR count). The summed E-state index contributed by atoms with van der Waals surface area (Å²) in [5.74, 6) is 0.571. The van der Waals surface area contributed by atoms with Crippen molar-refractivity contribution < 1.29 is 4.42 Å². The summed E-state index contributed by atoms with van der Waals surface area (Å²) in [6.45, 7) is 8.81. The maximum Gasteiger partial charge on any atom is 0.320 e. The molecule has 0 unspecified atom stereocenters. The summed E-state index contributed by atoms with van der Waals surface area (Å²) >= 11 is 3.55. The van der Waals surface area contributed by atoms with Crippen LogP contribution in [0.5, 0.6) is 0 Å². The number of rotatable bonds is 5. The lowest BCUT2D eigenvalue weighted by molar-refractivity contribution is 0.460. The molecular formula is C14H19BrN4O. The number of nitrogens with zero attached hydrogens (tertiary/aromatic N) is 2. The summed E-state index contributed by atoms with van der Waals surface area (Å²) in [6, 6.07) is 4.93. The Morgan fingerprint density at radius 3 is 2.65 bits per heavy atom. The molecule has 0 saturated carbocycles. The molecule has 1 aromatic carbocycles. The van der Waals surface area contributed by atoms with Crippen molar-refractivity contribution in [2.75, 3.05) is 5.32 Å². The van der Waals surface area contributed by atoms with Gasteiger partial charge in [0.25, 0.3) is 0 Å². The number of aryl methyl sites for hydroxylation is 2. The normalized spacial score (nSPS) is 11.1. The average molecular weight is 339 g/mol. The van der Waals surface area contributed by atoms with Gasteiger partial charge in [0, 0.05) is 10.5 Å². The number of anilines is 2. The van der Waals surface area contributed by atoms with E-state index in [2.05, 4.69) is 63.6 Å². The maximum absolute atomic E-state index is 5.56. The van der Waals surface area contributed by atoms with E-state index in [0.717, 1.165) is 15.7 Å². The summed E-state index contributed by atoms with van der Waals surface area (Å²) in [5.41, 5.74) is 3.27.